The summed E-state index contributed by atoms with van der Waals surface area (Å²) < 4.78 is 2.54. The van der Waals surface area contributed by atoms with Gasteiger partial charge in [0.05, 0.1) is 27.8 Å². The van der Waals surface area contributed by atoms with Gasteiger partial charge in [-0.2, -0.15) is 0 Å². The van der Waals surface area contributed by atoms with Crippen LogP contribution in [0.5, 0.6) is 0 Å². The lowest BCUT2D eigenvalue weighted by molar-refractivity contribution is 0.783. The average Bonchev–Trinajstić information content (AvgIpc) is 3.80. The highest BCUT2D eigenvalue weighted by Gasteiger charge is 2.50. The topological polar surface area (TPSA) is 8.17 Å². The third kappa shape index (κ3) is 4.30. The Balaban J connectivity index is 1.21. The number of nitrogens with zero attached hydrogens (tertiary/aromatic N) is 2. The summed E-state index contributed by atoms with van der Waals surface area (Å²) in [6, 6.07) is 81.0. The zero-order chi connectivity index (χ0) is 38.7. The van der Waals surface area contributed by atoms with Gasteiger partial charge in [-0.15, -0.1) is 0 Å². The van der Waals surface area contributed by atoms with Crippen LogP contribution in [0.2, 0.25) is 0 Å². The molecule has 0 N–H and O–H groups in total. The summed E-state index contributed by atoms with van der Waals surface area (Å²) in [5.41, 5.74) is 16.9. The molecule has 2 aliphatic carbocycles. The fourth-order valence-corrected chi connectivity index (χ4v) is 10.9. The molecule has 10 aromatic carbocycles. The molecular formula is C57H36N2. The van der Waals surface area contributed by atoms with E-state index in [4.69, 9.17) is 0 Å². The zero-order valence-electron chi connectivity index (χ0n) is 32.2. The Labute approximate surface area is 342 Å². The second-order valence-electron chi connectivity index (χ2n) is 16.0. The monoisotopic (exact) mass is 748 g/mol. The van der Waals surface area contributed by atoms with Crippen LogP contribution in [0.1, 0.15) is 22.3 Å². The van der Waals surface area contributed by atoms with E-state index in [0.29, 0.717) is 0 Å². The quantitative estimate of drug-likeness (QED) is 0.170. The minimum absolute atomic E-state index is 0.517. The van der Waals surface area contributed by atoms with Gasteiger partial charge < -0.3 is 9.47 Å². The first-order chi connectivity index (χ1) is 29.3. The lowest BCUT2D eigenvalue weighted by atomic mass is 9.63. The molecule has 0 unspecified atom stereocenters. The van der Waals surface area contributed by atoms with E-state index in [9.17, 15) is 0 Å². The van der Waals surface area contributed by atoms with Crippen molar-refractivity contribution in [2.24, 2.45) is 0 Å². The number of anilines is 3. The van der Waals surface area contributed by atoms with Crippen molar-refractivity contribution in [3.05, 3.63) is 241 Å². The van der Waals surface area contributed by atoms with Crippen LogP contribution in [0.25, 0.3) is 71.3 Å². The van der Waals surface area contributed by atoms with Crippen molar-refractivity contribution in [2.75, 3.05) is 4.90 Å². The molecule has 59 heavy (non-hydrogen) atoms. The van der Waals surface area contributed by atoms with E-state index in [0.717, 1.165) is 17.1 Å². The number of hydrogen-bond acceptors (Lipinski definition) is 1. The maximum Gasteiger partial charge on any atom is 0.0726 e. The predicted molar refractivity (Wildman–Crippen MR) is 247 cm³/mol. The van der Waals surface area contributed by atoms with Gasteiger partial charge in [0.15, 0.2) is 0 Å². The molecule has 274 valence electrons. The molecule has 0 atom stereocenters. The van der Waals surface area contributed by atoms with Crippen molar-refractivity contribution >= 4 is 60.4 Å². The van der Waals surface area contributed by atoms with Crippen LogP contribution in [0.15, 0.2) is 218 Å². The highest BCUT2D eigenvalue weighted by molar-refractivity contribution is 6.28. The molecule has 2 aliphatic rings. The third-order valence-corrected chi connectivity index (χ3v) is 13.1. The van der Waals surface area contributed by atoms with E-state index in [1.165, 1.54) is 93.5 Å². The molecule has 13 rings (SSSR count). The Kier molecular flexibility index (Phi) is 6.68. The molecule has 0 saturated carbocycles. The Morgan fingerprint density at radius 3 is 1.75 bits per heavy atom. The van der Waals surface area contributed by atoms with Crippen LogP contribution in [0.4, 0.5) is 17.1 Å². The molecule has 0 fully saturated rings. The van der Waals surface area contributed by atoms with Crippen LogP contribution in [0.3, 0.4) is 0 Å². The van der Waals surface area contributed by atoms with Gasteiger partial charge in [-0.05, 0) is 104 Å². The summed E-state index contributed by atoms with van der Waals surface area (Å²) in [5, 5.41) is 7.64. The first kappa shape index (κ1) is 32.4. The van der Waals surface area contributed by atoms with Crippen LogP contribution in [-0.4, -0.2) is 4.57 Å². The van der Waals surface area contributed by atoms with Crippen molar-refractivity contribution in [3.8, 4) is 27.9 Å². The summed E-state index contributed by atoms with van der Waals surface area (Å²) in [6.07, 6.45) is 0. The fraction of sp³-hybridized carbons (Fsp3) is 0.0175. The molecule has 1 heterocycles. The van der Waals surface area contributed by atoms with E-state index in [2.05, 4.69) is 228 Å². The second-order valence-corrected chi connectivity index (χ2v) is 16.0. The molecule has 0 saturated heterocycles. The number of rotatable bonds is 5. The lowest BCUT2D eigenvalue weighted by Crippen LogP contribution is -2.30. The van der Waals surface area contributed by atoms with E-state index in [-0.39, 0.29) is 0 Å². The molecule has 0 amide bonds. The Morgan fingerprint density at radius 2 is 0.966 bits per heavy atom. The summed E-state index contributed by atoms with van der Waals surface area (Å²) in [6.45, 7) is 0. The average molecular weight is 749 g/mol. The van der Waals surface area contributed by atoms with Gasteiger partial charge in [0.1, 0.15) is 0 Å². The molecule has 2 nitrogen and oxygen atoms in total. The van der Waals surface area contributed by atoms with Crippen LogP contribution < -0.4 is 4.90 Å². The first-order valence-corrected chi connectivity index (χ1v) is 20.5. The number of benzene rings is 10. The van der Waals surface area contributed by atoms with Gasteiger partial charge in [0, 0.05) is 33.1 Å². The molecule has 2 heteroatoms. The van der Waals surface area contributed by atoms with Crippen molar-refractivity contribution in [3.63, 3.8) is 0 Å². The summed E-state index contributed by atoms with van der Waals surface area (Å²) in [7, 11) is 0. The molecule has 1 aromatic heterocycles. The molecular weight excluding hydrogens is 713 g/mol. The highest BCUT2D eigenvalue weighted by atomic mass is 15.1. The van der Waals surface area contributed by atoms with Gasteiger partial charge in [-0.25, -0.2) is 0 Å². The van der Waals surface area contributed by atoms with Crippen molar-refractivity contribution < 1.29 is 0 Å². The predicted octanol–water partition coefficient (Wildman–Crippen LogP) is 14.9. The standard InChI is InChI=1S/C57H36N2/c1-3-17-38(18-4-1)42-22-11-14-28-50(42)59-52-29-15-27-48-55(52)56-53(59)34-32-45-51(58(40-20-5-2-6-21-40)41-31-30-37-16-7-8-19-39(37)36-41)35-33-49(54(45)56)57(48)46-25-12-9-23-43(46)44-24-10-13-26-47(44)57/h1-36H. The fourth-order valence-electron chi connectivity index (χ4n) is 10.9. The first-order valence-electron chi connectivity index (χ1n) is 20.5. The SMILES string of the molecule is c1ccc(-c2ccccc2-n2c3cccc4c3c3c5c(ccc(N(c6ccccc6)c6ccc7ccccc7c6)c5ccc32)C42c3ccccc3-c3ccccc32)cc1. The Morgan fingerprint density at radius 1 is 0.356 bits per heavy atom. The van der Waals surface area contributed by atoms with Crippen molar-refractivity contribution in [2.45, 2.75) is 5.41 Å². The van der Waals surface area contributed by atoms with E-state index in [1.54, 1.807) is 0 Å². The number of aromatic nitrogens is 1. The van der Waals surface area contributed by atoms with Gasteiger partial charge in [-0.3, -0.25) is 0 Å². The van der Waals surface area contributed by atoms with Crippen molar-refractivity contribution in [1.29, 1.82) is 0 Å². The smallest absolute Gasteiger partial charge is 0.0726 e. The van der Waals surface area contributed by atoms with Gasteiger partial charge in [0.2, 0.25) is 0 Å². The highest BCUT2D eigenvalue weighted by Crippen LogP contribution is 2.63. The number of para-hydroxylation sites is 2. The van der Waals surface area contributed by atoms with Crippen molar-refractivity contribution in [1.82, 2.24) is 4.57 Å². The lowest BCUT2D eigenvalue weighted by Gasteiger charge is -2.38. The third-order valence-electron chi connectivity index (χ3n) is 13.1. The van der Waals surface area contributed by atoms with E-state index < -0.39 is 5.41 Å². The second kappa shape index (κ2) is 12.2. The normalized spacial score (nSPS) is 13.2. The van der Waals surface area contributed by atoms with Crippen LogP contribution >= 0.6 is 0 Å². The molecule has 0 bridgehead atoms. The Bertz CT molecular complexity index is 3460. The minimum Gasteiger partial charge on any atom is -0.310 e. The van der Waals surface area contributed by atoms with Gasteiger partial charge >= 0.3 is 0 Å². The largest absolute Gasteiger partial charge is 0.310 e. The van der Waals surface area contributed by atoms with Gasteiger partial charge in [0.25, 0.3) is 0 Å². The molecule has 1 spiro atoms. The summed E-state index contributed by atoms with van der Waals surface area (Å²) in [4.78, 5) is 2.46. The summed E-state index contributed by atoms with van der Waals surface area (Å²) >= 11 is 0. The summed E-state index contributed by atoms with van der Waals surface area (Å²) in [5.74, 6) is 0. The molecule has 0 radical (unpaired) electrons. The molecule has 0 aliphatic heterocycles. The molecule has 11 aromatic rings. The van der Waals surface area contributed by atoms with Crippen LogP contribution in [0, 0.1) is 0 Å². The number of fused-ring (bicyclic) bond motifs is 8. The number of hydrogen-bond donors (Lipinski definition) is 0. The van der Waals surface area contributed by atoms with E-state index >= 15 is 0 Å². The zero-order valence-corrected chi connectivity index (χ0v) is 32.2. The van der Waals surface area contributed by atoms with Gasteiger partial charge in [-0.1, -0.05) is 170 Å². The van der Waals surface area contributed by atoms with Crippen LogP contribution in [-0.2, 0) is 5.41 Å². The Hall–Kier alpha value is -7.68. The minimum atomic E-state index is -0.517. The maximum absolute atomic E-state index is 2.54. The van der Waals surface area contributed by atoms with E-state index in [1.807, 2.05) is 0 Å². The maximum atomic E-state index is 2.54.